The van der Waals surface area contributed by atoms with E-state index in [1.807, 2.05) is 41.8 Å². The van der Waals surface area contributed by atoms with Gasteiger partial charge in [-0.25, -0.2) is 19.7 Å². The van der Waals surface area contributed by atoms with Crippen molar-refractivity contribution in [2.24, 2.45) is 11.8 Å². The van der Waals surface area contributed by atoms with Gasteiger partial charge in [-0.1, -0.05) is 49.6 Å². The number of carbonyl (C=O) groups excluding carboxylic acids is 1. The Hall–Kier alpha value is -3.61. The lowest BCUT2D eigenvalue weighted by atomic mass is 9.76. The molecule has 0 bridgehead atoms. The van der Waals surface area contributed by atoms with Crippen molar-refractivity contribution in [2.45, 2.75) is 82.7 Å². The van der Waals surface area contributed by atoms with Gasteiger partial charge in [-0.05, 0) is 38.5 Å². The van der Waals surface area contributed by atoms with Crippen LogP contribution in [0.15, 0.2) is 43.0 Å². The van der Waals surface area contributed by atoms with Crippen LogP contribution in [0.25, 0.3) is 11.2 Å². The second kappa shape index (κ2) is 12.1. The third-order valence-electron chi connectivity index (χ3n) is 8.41. The second-order valence-corrected chi connectivity index (χ2v) is 11.0. The number of nitrogens with zero attached hydrogens (tertiary/aromatic N) is 4. The van der Waals surface area contributed by atoms with Crippen molar-refractivity contribution < 1.29 is 28.9 Å². The number of imidazole rings is 1. The highest BCUT2D eigenvalue weighted by molar-refractivity contribution is 5.95. The van der Waals surface area contributed by atoms with Crippen LogP contribution in [0, 0.1) is 11.8 Å². The fourth-order valence-corrected chi connectivity index (χ4v) is 6.46. The summed E-state index contributed by atoms with van der Waals surface area (Å²) in [6.45, 7) is 2.31. The molecular weight excluding hydrogens is 528 g/mol. The maximum absolute atomic E-state index is 12.1. The van der Waals surface area contributed by atoms with Crippen LogP contribution in [-0.2, 0) is 19.0 Å². The quantitative estimate of drug-likeness (QED) is 0.343. The molecule has 41 heavy (non-hydrogen) atoms. The van der Waals surface area contributed by atoms with Crippen molar-refractivity contribution >= 4 is 29.0 Å². The van der Waals surface area contributed by atoms with Gasteiger partial charge in [0.2, 0.25) is 0 Å². The normalized spacial score (nSPS) is 29.3. The minimum Gasteiger partial charge on any atom is -0.481 e. The van der Waals surface area contributed by atoms with Crippen LogP contribution in [0.5, 0.6) is 0 Å². The number of anilines is 1. The Morgan fingerprint density at radius 3 is 2.63 bits per heavy atom. The second-order valence-electron chi connectivity index (χ2n) is 11.0. The fraction of sp³-hybridized carbons (Fsp3) is 0.552. The van der Waals surface area contributed by atoms with Crippen molar-refractivity contribution in [3.8, 4) is 0 Å². The van der Waals surface area contributed by atoms with Gasteiger partial charge in [0.15, 0.2) is 29.5 Å². The van der Waals surface area contributed by atoms with Gasteiger partial charge in [0, 0.05) is 12.1 Å². The number of carbonyl (C=O) groups is 2. The maximum atomic E-state index is 12.1. The largest absolute Gasteiger partial charge is 0.481 e. The zero-order valence-corrected chi connectivity index (χ0v) is 23.0. The lowest BCUT2D eigenvalue weighted by molar-refractivity contribution is -0.149. The van der Waals surface area contributed by atoms with Gasteiger partial charge in [-0.2, -0.15) is 0 Å². The van der Waals surface area contributed by atoms with Crippen molar-refractivity contribution in [2.75, 3.05) is 11.9 Å². The molecule has 2 aromatic heterocycles. The molecule has 3 aliphatic rings. The molecule has 6 unspecified atom stereocenters. The molecule has 2 saturated heterocycles. The van der Waals surface area contributed by atoms with Crippen molar-refractivity contribution in [1.29, 1.82) is 0 Å². The topological polar surface area (TPSA) is 150 Å². The standard InChI is InChI=1S/C29H36N6O6/c1-2-30-29(38)34-24-21-25(32-15-31-24)35(16-33-21)26-23-22(40-28(41-23)18-10-4-3-5-11-18)20(39-26)14-8-12-17-9-6-7-13-19(17)27(36)37/h3-5,10-11,15-17,19-20,22-23,26,28H,2,6-9,12-14H2,1H3,(H,36,37)(H2,30,31,32,34,38)/t17?,19?,20?,22?,23?,26?,28-/m0/s1. The molecule has 1 aromatic carbocycles. The van der Waals surface area contributed by atoms with Crippen LogP contribution < -0.4 is 10.6 Å². The summed E-state index contributed by atoms with van der Waals surface area (Å²) in [5, 5.41) is 15.1. The molecular formula is C29H36N6O6. The highest BCUT2D eigenvalue weighted by Crippen LogP contribution is 2.46. The van der Waals surface area contributed by atoms with Gasteiger partial charge >= 0.3 is 12.0 Å². The van der Waals surface area contributed by atoms with Gasteiger partial charge in [0.25, 0.3) is 0 Å². The summed E-state index contributed by atoms with van der Waals surface area (Å²) >= 11 is 0. The number of amides is 2. The van der Waals surface area contributed by atoms with Gasteiger partial charge in [0.05, 0.1) is 18.3 Å². The highest BCUT2D eigenvalue weighted by Gasteiger charge is 2.53. The summed E-state index contributed by atoms with van der Waals surface area (Å²) in [5.41, 5.74) is 1.88. The van der Waals surface area contributed by atoms with E-state index in [9.17, 15) is 14.7 Å². The van der Waals surface area contributed by atoms with Crippen molar-refractivity contribution in [1.82, 2.24) is 24.8 Å². The van der Waals surface area contributed by atoms with E-state index >= 15 is 0 Å². The van der Waals surface area contributed by atoms with Gasteiger partial charge in [-0.15, -0.1) is 0 Å². The number of fused-ring (bicyclic) bond motifs is 2. The van der Waals surface area contributed by atoms with Crippen LogP contribution in [0.2, 0.25) is 0 Å². The van der Waals surface area contributed by atoms with E-state index in [0.29, 0.717) is 23.5 Å². The molecule has 2 aliphatic heterocycles. The predicted octanol–water partition coefficient (Wildman–Crippen LogP) is 4.41. The van der Waals surface area contributed by atoms with Gasteiger partial charge < -0.3 is 24.6 Å². The molecule has 1 saturated carbocycles. The number of aromatic nitrogens is 4. The van der Waals surface area contributed by atoms with E-state index in [1.165, 1.54) is 6.33 Å². The highest BCUT2D eigenvalue weighted by atomic mass is 16.8. The van der Waals surface area contributed by atoms with E-state index in [0.717, 1.165) is 50.5 Å². The monoisotopic (exact) mass is 564 g/mol. The van der Waals surface area contributed by atoms with E-state index in [-0.39, 0.29) is 30.1 Å². The lowest BCUT2D eigenvalue weighted by Gasteiger charge is -2.29. The molecule has 3 N–H and O–H groups in total. The SMILES string of the molecule is CCNC(=O)Nc1ncnc2c1ncn2C1OC(CCCC2CCCCC2C(=O)O)C2O[C@H](c3ccccc3)OC21. The Morgan fingerprint density at radius 2 is 1.83 bits per heavy atom. The lowest BCUT2D eigenvalue weighted by Crippen LogP contribution is -2.30. The molecule has 3 fully saturated rings. The average molecular weight is 565 g/mol. The number of hydrogen-bond acceptors (Lipinski definition) is 8. The van der Waals surface area contributed by atoms with E-state index < -0.39 is 24.6 Å². The molecule has 4 heterocycles. The third kappa shape index (κ3) is 5.64. The Morgan fingerprint density at radius 1 is 1.02 bits per heavy atom. The molecule has 1 aliphatic carbocycles. The maximum Gasteiger partial charge on any atom is 0.320 e. The van der Waals surface area contributed by atoms with E-state index in [1.54, 1.807) is 6.33 Å². The Balaban J connectivity index is 1.23. The first kappa shape index (κ1) is 27.6. The molecule has 0 radical (unpaired) electrons. The van der Waals surface area contributed by atoms with E-state index in [2.05, 4.69) is 25.6 Å². The number of carboxylic acid groups (broad SMARTS) is 1. The number of benzene rings is 1. The number of urea groups is 1. The van der Waals surface area contributed by atoms with Gasteiger partial charge in [0.1, 0.15) is 18.5 Å². The first-order valence-electron chi connectivity index (χ1n) is 14.5. The summed E-state index contributed by atoms with van der Waals surface area (Å²) in [6.07, 6.45) is 7.12. The van der Waals surface area contributed by atoms with Crippen LogP contribution in [-0.4, -0.2) is 61.5 Å². The number of aliphatic carboxylic acids is 1. The molecule has 7 atom stereocenters. The summed E-state index contributed by atoms with van der Waals surface area (Å²) in [4.78, 5) is 37.1. The Labute approximate surface area is 237 Å². The molecule has 12 nitrogen and oxygen atoms in total. The minimum atomic E-state index is -0.680. The number of ether oxygens (including phenoxy) is 3. The van der Waals surface area contributed by atoms with Crippen LogP contribution in [0.1, 0.15) is 70.0 Å². The van der Waals surface area contributed by atoms with Gasteiger partial charge in [-0.3, -0.25) is 14.7 Å². The number of hydrogen-bond donors (Lipinski definition) is 3. The number of nitrogens with one attached hydrogen (secondary N) is 2. The summed E-state index contributed by atoms with van der Waals surface area (Å²) in [5.74, 6) is -0.448. The molecule has 3 aromatic rings. The third-order valence-corrected chi connectivity index (χ3v) is 8.41. The molecule has 2 amide bonds. The van der Waals surface area contributed by atoms with Crippen LogP contribution in [0.3, 0.4) is 0 Å². The van der Waals surface area contributed by atoms with Crippen LogP contribution >= 0.6 is 0 Å². The van der Waals surface area contributed by atoms with Crippen molar-refractivity contribution in [3.63, 3.8) is 0 Å². The number of carboxylic acids is 1. The molecule has 6 rings (SSSR count). The van der Waals surface area contributed by atoms with Crippen molar-refractivity contribution in [3.05, 3.63) is 48.5 Å². The van der Waals surface area contributed by atoms with Crippen LogP contribution in [0.4, 0.5) is 10.6 Å². The Kier molecular flexibility index (Phi) is 8.13. The molecule has 12 heteroatoms. The predicted molar refractivity (Wildman–Crippen MR) is 148 cm³/mol. The summed E-state index contributed by atoms with van der Waals surface area (Å²) in [6, 6.07) is 9.44. The fourth-order valence-electron chi connectivity index (χ4n) is 6.46. The number of rotatable bonds is 9. The molecule has 218 valence electrons. The zero-order valence-electron chi connectivity index (χ0n) is 23.0. The summed E-state index contributed by atoms with van der Waals surface area (Å²) < 4.78 is 21.3. The first-order valence-corrected chi connectivity index (χ1v) is 14.5. The Bertz CT molecular complexity index is 1370. The average Bonchev–Trinajstić information content (AvgIpc) is 3.69. The molecule has 0 spiro atoms. The smallest absolute Gasteiger partial charge is 0.320 e. The summed E-state index contributed by atoms with van der Waals surface area (Å²) in [7, 11) is 0. The minimum absolute atomic E-state index is 0.192. The zero-order chi connectivity index (χ0) is 28.3. The van der Waals surface area contributed by atoms with E-state index in [4.69, 9.17) is 14.2 Å². The first-order chi connectivity index (χ1) is 20.0.